The monoisotopic (exact) mass is 283 g/mol. The van der Waals surface area contributed by atoms with Crippen LogP contribution in [-0.4, -0.2) is 32.5 Å². The molecule has 1 N–H and O–H groups in total. The highest BCUT2D eigenvalue weighted by molar-refractivity contribution is 5.88. The summed E-state index contributed by atoms with van der Waals surface area (Å²) in [6, 6.07) is 8.46. The number of aromatic carboxylic acids is 1. The van der Waals surface area contributed by atoms with Crippen LogP contribution in [0.4, 0.5) is 0 Å². The molecule has 21 heavy (non-hydrogen) atoms. The lowest BCUT2D eigenvalue weighted by Crippen LogP contribution is -2.30. The van der Waals surface area contributed by atoms with Crippen molar-refractivity contribution in [3.63, 3.8) is 0 Å². The normalized spacial score (nSPS) is 14.7. The lowest BCUT2D eigenvalue weighted by molar-refractivity contribution is 0.0695. The van der Waals surface area contributed by atoms with Gasteiger partial charge in [-0.1, -0.05) is 24.3 Å². The number of benzene rings is 1. The van der Waals surface area contributed by atoms with Crippen molar-refractivity contribution in [2.24, 2.45) is 0 Å². The lowest BCUT2D eigenvalue weighted by atomic mass is 10.00. The zero-order valence-electron chi connectivity index (χ0n) is 11.9. The smallest absolute Gasteiger partial charge is 0.339 e. The molecule has 1 aliphatic heterocycles. The molecule has 0 radical (unpaired) electrons. The third kappa shape index (κ3) is 2.92. The highest BCUT2D eigenvalue weighted by Crippen LogP contribution is 2.19. The van der Waals surface area contributed by atoms with E-state index in [2.05, 4.69) is 39.1 Å². The molecule has 1 aromatic carbocycles. The second-order valence-electron chi connectivity index (χ2n) is 5.32. The third-order valence-electron chi connectivity index (χ3n) is 3.83. The summed E-state index contributed by atoms with van der Waals surface area (Å²) in [5, 5.41) is 9.00. The Balaban J connectivity index is 1.73. The number of hydrogen-bond donors (Lipinski definition) is 1. The number of rotatable bonds is 3. The number of carboxylic acid groups (broad SMARTS) is 1. The van der Waals surface area contributed by atoms with E-state index < -0.39 is 5.97 Å². The van der Waals surface area contributed by atoms with Crippen molar-refractivity contribution in [1.82, 2.24) is 14.9 Å². The van der Waals surface area contributed by atoms with E-state index in [4.69, 9.17) is 5.11 Å². The Labute approximate surface area is 123 Å². The van der Waals surface area contributed by atoms with Crippen LogP contribution in [0.5, 0.6) is 0 Å². The highest BCUT2D eigenvalue weighted by atomic mass is 16.4. The first kappa shape index (κ1) is 13.7. The second kappa shape index (κ2) is 5.61. The molecule has 2 heterocycles. The van der Waals surface area contributed by atoms with Crippen LogP contribution in [0.25, 0.3) is 0 Å². The van der Waals surface area contributed by atoms with E-state index in [1.54, 1.807) is 6.92 Å². The van der Waals surface area contributed by atoms with Crippen LogP contribution in [0.1, 0.15) is 33.0 Å². The first-order valence-corrected chi connectivity index (χ1v) is 6.98. The van der Waals surface area contributed by atoms with Gasteiger partial charge < -0.3 is 5.11 Å². The molecular formula is C16H17N3O2. The van der Waals surface area contributed by atoms with Crippen molar-refractivity contribution < 1.29 is 9.90 Å². The number of hydrogen-bond acceptors (Lipinski definition) is 4. The molecular weight excluding hydrogens is 266 g/mol. The summed E-state index contributed by atoms with van der Waals surface area (Å²) in [5.41, 5.74) is 3.45. The van der Waals surface area contributed by atoms with Crippen molar-refractivity contribution in [2.75, 3.05) is 6.54 Å². The van der Waals surface area contributed by atoms with Gasteiger partial charge in [-0.3, -0.25) is 4.90 Å². The van der Waals surface area contributed by atoms with E-state index in [0.717, 1.165) is 19.5 Å². The Hall–Kier alpha value is -2.27. The van der Waals surface area contributed by atoms with Crippen molar-refractivity contribution >= 4 is 5.97 Å². The van der Waals surface area contributed by atoms with Crippen LogP contribution in [-0.2, 0) is 19.5 Å². The maximum absolute atomic E-state index is 11.0. The predicted octanol–water partition coefficient (Wildman–Crippen LogP) is 2.04. The second-order valence-corrected chi connectivity index (χ2v) is 5.32. The Morgan fingerprint density at radius 2 is 2.10 bits per heavy atom. The van der Waals surface area contributed by atoms with Gasteiger partial charge in [0, 0.05) is 19.3 Å². The summed E-state index contributed by atoms with van der Waals surface area (Å²) in [6.07, 6.45) is 2.43. The molecule has 0 fully saturated rings. The molecule has 5 nitrogen and oxygen atoms in total. The average Bonchev–Trinajstić information content (AvgIpc) is 2.47. The van der Waals surface area contributed by atoms with Crippen LogP contribution < -0.4 is 0 Å². The third-order valence-corrected chi connectivity index (χ3v) is 3.83. The molecule has 108 valence electrons. The minimum absolute atomic E-state index is 0.169. The highest BCUT2D eigenvalue weighted by Gasteiger charge is 2.17. The molecule has 2 aromatic rings. The summed E-state index contributed by atoms with van der Waals surface area (Å²) in [6.45, 7) is 4.22. The van der Waals surface area contributed by atoms with Crippen molar-refractivity contribution in [2.45, 2.75) is 26.4 Å². The minimum Gasteiger partial charge on any atom is -0.478 e. The summed E-state index contributed by atoms with van der Waals surface area (Å²) in [4.78, 5) is 21.7. The van der Waals surface area contributed by atoms with E-state index in [-0.39, 0.29) is 5.56 Å². The zero-order valence-corrected chi connectivity index (χ0v) is 11.9. The fourth-order valence-electron chi connectivity index (χ4n) is 2.69. The van der Waals surface area contributed by atoms with E-state index in [0.29, 0.717) is 18.1 Å². The zero-order chi connectivity index (χ0) is 14.8. The lowest BCUT2D eigenvalue weighted by Gasteiger charge is -2.28. The number of carboxylic acids is 1. The average molecular weight is 283 g/mol. The van der Waals surface area contributed by atoms with Crippen molar-refractivity contribution in [3.05, 3.63) is 58.7 Å². The van der Waals surface area contributed by atoms with Crippen LogP contribution in [0.2, 0.25) is 0 Å². The molecule has 0 saturated heterocycles. The number of nitrogens with zero attached hydrogens (tertiary/aromatic N) is 3. The molecule has 0 saturated carbocycles. The van der Waals surface area contributed by atoms with Gasteiger partial charge in [-0.25, -0.2) is 14.8 Å². The first-order valence-electron chi connectivity index (χ1n) is 6.98. The Morgan fingerprint density at radius 3 is 2.81 bits per heavy atom. The molecule has 1 aromatic heterocycles. The molecule has 0 unspecified atom stereocenters. The summed E-state index contributed by atoms with van der Waals surface area (Å²) >= 11 is 0. The summed E-state index contributed by atoms with van der Waals surface area (Å²) < 4.78 is 0. The molecule has 0 bridgehead atoms. The first-order chi connectivity index (χ1) is 10.1. The molecule has 5 heteroatoms. The van der Waals surface area contributed by atoms with Crippen LogP contribution >= 0.6 is 0 Å². The van der Waals surface area contributed by atoms with Gasteiger partial charge >= 0.3 is 5.97 Å². The topological polar surface area (TPSA) is 66.3 Å². The molecule has 3 rings (SSSR count). The van der Waals surface area contributed by atoms with Gasteiger partial charge in [0.15, 0.2) is 0 Å². The molecule has 1 aliphatic rings. The van der Waals surface area contributed by atoms with Gasteiger partial charge in [0.1, 0.15) is 5.82 Å². The SMILES string of the molecule is Cc1nc(CN2CCc3ccccc3C2)ncc1C(=O)O. The van der Waals surface area contributed by atoms with Crippen molar-refractivity contribution in [3.8, 4) is 0 Å². The molecule has 0 spiro atoms. The van der Waals surface area contributed by atoms with Gasteiger partial charge in [-0.15, -0.1) is 0 Å². The number of carbonyl (C=O) groups is 1. The van der Waals surface area contributed by atoms with Crippen LogP contribution in [0.3, 0.4) is 0 Å². The van der Waals surface area contributed by atoms with Crippen LogP contribution in [0, 0.1) is 6.92 Å². The van der Waals surface area contributed by atoms with Gasteiger partial charge in [-0.2, -0.15) is 0 Å². The van der Waals surface area contributed by atoms with Crippen LogP contribution in [0.15, 0.2) is 30.5 Å². The quantitative estimate of drug-likeness (QED) is 0.933. The number of aromatic nitrogens is 2. The standard InChI is InChI=1S/C16H17N3O2/c1-11-14(16(20)21)8-17-15(18-11)10-19-7-6-12-4-2-3-5-13(12)9-19/h2-5,8H,6-7,9-10H2,1H3,(H,20,21). The summed E-state index contributed by atoms with van der Waals surface area (Å²) in [5.74, 6) is -0.303. The van der Waals surface area contributed by atoms with Gasteiger partial charge in [0.05, 0.1) is 17.8 Å². The fraction of sp³-hybridized carbons (Fsp3) is 0.312. The van der Waals surface area contributed by atoms with Gasteiger partial charge in [0.2, 0.25) is 0 Å². The Bertz CT molecular complexity index is 685. The van der Waals surface area contributed by atoms with E-state index in [1.165, 1.54) is 17.3 Å². The molecule has 0 atom stereocenters. The Kier molecular flexibility index (Phi) is 3.66. The number of aryl methyl sites for hydroxylation is 1. The van der Waals surface area contributed by atoms with Crippen molar-refractivity contribution in [1.29, 1.82) is 0 Å². The Morgan fingerprint density at radius 1 is 1.33 bits per heavy atom. The van der Waals surface area contributed by atoms with E-state index in [1.807, 2.05) is 0 Å². The van der Waals surface area contributed by atoms with E-state index >= 15 is 0 Å². The molecule has 0 aliphatic carbocycles. The maximum Gasteiger partial charge on any atom is 0.339 e. The summed E-state index contributed by atoms with van der Waals surface area (Å²) in [7, 11) is 0. The maximum atomic E-state index is 11.0. The van der Waals surface area contributed by atoms with E-state index in [9.17, 15) is 4.79 Å². The minimum atomic E-state index is -0.981. The largest absolute Gasteiger partial charge is 0.478 e. The predicted molar refractivity (Wildman–Crippen MR) is 78.0 cm³/mol. The number of fused-ring (bicyclic) bond motifs is 1. The molecule has 0 amide bonds. The van der Waals surface area contributed by atoms with Gasteiger partial charge in [0.25, 0.3) is 0 Å². The van der Waals surface area contributed by atoms with Gasteiger partial charge in [-0.05, 0) is 24.5 Å². The fourth-order valence-corrected chi connectivity index (χ4v) is 2.69.